The minimum Gasteiger partial charge on any atom is -0.495 e. The first kappa shape index (κ1) is 9.84. The van der Waals surface area contributed by atoms with Gasteiger partial charge < -0.3 is 10.1 Å². The van der Waals surface area contributed by atoms with Gasteiger partial charge in [-0.2, -0.15) is 0 Å². The van der Waals surface area contributed by atoms with Crippen LogP contribution >= 0.6 is 0 Å². The summed E-state index contributed by atoms with van der Waals surface area (Å²) in [6, 6.07) is 7.78. The Morgan fingerprint density at radius 1 is 1.40 bits per heavy atom. The highest BCUT2D eigenvalue weighted by Crippen LogP contribution is 2.23. The fourth-order valence-electron chi connectivity index (χ4n) is 1.69. The largest absolute Gasteiger partial charge is 0.495 e. The molecule has 0 aliphatic rings. The highest BCUT2D eigenvalue weighted by molar-refractivity contribution is 5.89. The van der Waals surface area contributed by atoms with Gasteiger partial charge in [-0.05, 0) is 18.1 Å². The van der Waals surface area contributed by atoms with Crippen molar-refractivity contribution in [1.82, 2.24) is 4.98 Å². The third-order valence-electron chi connectivity index (χ3n) is 2.44. The molecule has 0 bridgehead atoms. The normalized spacial score (nSPS) is 11.5. The van der Waals surface area contributed by atoms with Crippen LogP contribution in [0.3, 0.4) is 0 Å². The first-order chi connectivity index (χ1) is 7.31. The zero-order chi connectivity index (χ0) is 10.7. The first-order valence-electron chi connectivity index (χ1n) is 5.28. The Hall–Kier alpha value is -1.70. The molecule has 2 aromatic rings. The van der Waals surface area contributed by atoms with Crippen LogP contribution in [-0.2, 0) is 0 Å². The summed E-state index contributed by atoms with van der Waals surface area (Å²) in [6.45, 7) is 2.16. The maximum Gasteiger partial charge on any atom is 0.189 e. The van der Waals surface area contributed by atoms with Gasteiger partial charge in [0.2, 0.25) is 0 Å². The van der Waals surface area contributed by atoms with Crippen LogP contribution in [0.1, 0.15) is 25.3 Å². The number of hydrogen-bond acceptors (Lipinski definition) is 1. The number of unbranched alkanes of at least 4 members (excludes halogenated alkanes) is 1. The van der Waals surface area contributed by atoms with Crippen LogP contribution in [0, 0.1) is 0 Å². The fourth-order valence-corrected chi connectivity index (χ4v) is 1.69. The molecule has 0 saturated heterocycles. The van der Waals surface area contributed by atoms with Gasteiger partial charge in [-0.1, -0.05) is 37.6 Å². The molecular weight excluding hydrogens is 186 g/mol. The van der Waals surface area contributed by atoms with Gasteiger partial charge in [0, 0.05) is 17.0 Å². The van der Waals surface area contributed by atoms with Crippen LogP contribution in [0.15, 0.2) is 30.3 Å². The molecule has 2 nitrogen and oxygen atoms in total. The summed E-state index contributed by atoms with van der Waals surface area (Å²) in [7, 11) is 0. The van der Waals surface area contributed by atoms with E-state index in [2.05, 4.69) is 30.1 Å². The molecule has 0 amide bonds. The maximum atomic E-state index is 9.37. The lowest BCUT2D eigenvalue weighted by atomic mass is 10.1. The average Bonchev–Trinajstić information content (AvgIpc) is 2.59. The van der Waals surface area contributed by atoms with Gasteiger partial charge in [0.1, 0.15) is 0 Å². The van der Waals surface area contributed by atoms with Crippen molar-refractivity contribution < 1.29 is 5.11 Å². The molecule has 1 heterocycles. The maximum absolute atomic E-state index is 9.37. The topological polar surface area (TPSA) is 36.0 Å². The van der Waals surface area contributed by atoms with Crippen molar-refractivity contribution in [3.63, 3.8) is 0 Å². The van der Waals surface area contributed by atoms with Gasteiger partial charge in [-0.3, -0.25) is 0 Å². The predicted molar refractivity (Wildman–Crippen MR) is 63.9 cm³/mol. The molecule has 0 spiro atoms. The molecule has 15 heavy (non-hydrogen) atoms. The molecule has 1 aromatic heterocycles. The van der Waals surface area contributed by atoms with Crippen molar-refractivity contribution in [1.29, 1.82) is 0 Å². The highest BCUT2D eigenvalue weighted by Gasteiger charge is 2.01. The lowest BCUT2D eigenvalue weighted by Crippen LogP contribution is -1.74. The lowest BCUT2D eigenvalue weighted by Gasteiger charge is -1.95. The quantitative estimate of drug-likeness (QED) is 0.780. The van der Waals surface area contributed by atoms with E-state index in [0.717, 1.165) is 29.3 Å². The van der Waals surface area contributed by atoms with Crippen LogP contribution in [0.25, 0.3) is 17.0 Å². The Labute approximate surface area is 89.3 Å². The molecule has 2 rings (SSSR count). The number of benzene rings is 1. The molecule has 0 aliphatic heterocycles. The monoisotopic (exact) mass is 201 g/mol. The first-order valence-corrected chi connectivity index (χ1v) is 5.28. The van der Waals surface area contributed by atoms with Crippen molar-refractivity contribution in [2.24, 2.45) is 0 Å². The van der Waals surface area contributed by atoms with E-state index in [-0.39, 0.29) is 5.88 Å². The Balaban J connectivity index is 2.41. The summed E-state index contributed by atoms with van der Waals surface area (Å²) in [5.41, 5.74) is 2.13. The SMILES string of the molecule is CCCC=Cc1cccc2[nH]c(O)cc12. The minimum atomic E-state index is 0.223. The smallest absolute Gasteiger partial charge is 0.189 e. The predicted octanol–water partition coefficient (Wildman–Crippen LogP) is 3.69. The van der Waals surface area contributed by atoms with E-state index in [9.17, 15) is 5.11 Å². The molecule has 0 atom stereocenters. The number of aromatic nitrogens is 1. The van der Waals surface area contributed by atoms with Gasteiger partial charge in [0.05, 0.1) is 0 Å². The van der Waals surface area contributed by atoms with Crippen molar-refractivity contribution in [3.8, 4) is 5.88 Å². The highest BCUT2D eigenvalue weighted by atomic mass is 16.3. The van der Waals surface area contributed by atoms with Crippen LogP contribution in [0.2, 0.25) is 0 Å². The van der Waals surface area contributed by atoms with E-state index >= 15 is 0 Å². The van der Waals surface area contributed by atoms with Gasteiger partial charge in [-0.25, -0.2) is 0 Å². The molecule has 2 heteroatoms. The molecule has 0 fully saturated rings. The number of nitrogens with one attached hydrogen (secondary N) is 1. The Kier molecular flexibility index (Phi) is 2.77. The number of aromatic hydroxyl groups is 1. The van der Waals surface area contributed by atoms with E-state index in [0.29, 0.717) is 0 Å². The molecule has 0 radical (unpaired) electrons. The molecule has 0 saturated carbocycles. The fraction of sp³-hybridized carbons (Fsp3) is 0.231. The van der Waals surface area contributed by atoms with E-state index in [4.69, 9.17) is 0 Å². The summed E-state index contributed by atoms with van der Waals surface area (Å²) >= 11 is 0. The number of allylic oxidation sites excluding steroid dienone is 1. The van der Waals surface area contributed by atoms with Crippen LogP contribution < -0.4 is 0 Å². The van der Waals surface area contributed by atoms with Crippen molar-refractivity contribution in [2.75, 3.05) is 0 Å². The Bertz CT molecular complexity index is 482. The number of fused-ring (bicyclic) bond motifs is 1. The van der Waals surface area contributed by atoms with Crippen molar-refractivity contribution in [2.45, 2.75) is 19.8 Å². The van der Waals surface area contributed by atoms with Crippen LogP contribution in [-0.4, -0.2) is 10.1 Å². The van der Waals surface area contributed by atoms with Crippen LogP contribution in [0.4, 0.5) is 0 Å². The second-order valence-electron chi connectivity index (χ2n) is 3.65. The third-order valence-corrected chi connectivity index (χ3v) is 2.44. The second-order valence-corrected chi connectivity index (χ2v) is 3.65. The van der Waals surface area contributed by atoms with Gasteiger partial charge >= 0.3 is 0 Å². The van der Waals surface area contributed by atoms with E-state index in [1.165, 1.54) is 0 Å². The second kappa shape index (κ2) is 4.22. The molecule has 0 aliphatic carbocycles. The number of hydrogen-bond donors (Lipinski definition) is 2. The van der Waals surface area contributed by atoms with E-state index < -0.39 is 0 Å². The van der Waals surface area contributed by atoms with Crippen molar-refractivity contribution >= 4 is 17.0 Å². The summed E-state index contributed by atoms with van der Waals surface area (Å²) in [5.74, 6) is 0.223. The zero-order valence-corrected chi connectivity index (χ0v) is 8.83. The number of aromatic amines is 1. The summed E-state index contributed by atoms with van der Waals surface area (Å²) in [6.07, 6.45) is 6.52. The minimum absolute atomic E-state index is 0.223. The molecule has 0 unspecified atom stereocenters. The van der Waals surface area contributed by atoms with Gasteiger partial charge in [-0.15, -0.1) is 0 Å². The number of rotatable bonds is 3. The van der Waals surface area contributed by atoms with Crippen LogP contribution in [0.5, 0.6) is 5.88 Å². The zero-order valence-electron chi connectivity index (χ0n) is 8.83. The summed E-state index contributed by atoms with van der Waals surface area (Å²) < 4.78 is 0. The molecule has 1 aromatic carbocycles. The van der Waals surface area contributed by atoms with Crippen molar-refractivity contribution in [3.05, 3.63) is 35.9 Å². The Morgan fingerprint density at radius 2 is 2.27 bits per heavy atom. The number of H-pyrrole nitrogens is 1. The van der Waals surface area contributed by atoms with E-state index in [1.54, 1.807) is 6.07 Å². The van der Waals surface area contributed by atoms with E-state index in [1.807, 2.05) is 12.1 Å². The lowest BCUT2D eigenvalue weighted by molar-refractivity contribution is 0.458. The molecule has 78 valence electrons. The standard InChI is InChI=1S/C13H15NO/c1-2-3-4-6-10-7-5-8-12-11(10)9-13(15)14-12/h4-9,14-15H,2-3H2,1H3. The average molecular weight is 201 g/mol. The summed E-state index contributed by atoms with van der Waals surface area (Å²) in [4.78, 5) is 2.91. The third kappa shape index (κ3) is 2.04. The molecular formula is C13H15NO. The molecule has 2 N–H and O–H groups in total. The Morgan fingerprint density at radius 3 is 3.07 bits per heavy atom. The van der Waals surface area contributed by atoms with Gasteiger partial charge in [0.25, 0.3) is 0 Å². The summed E-state index contributed by atoms with van der Waals surface area (Å²) in [5, 5.41) is 10.4. The van der Waals surface area contributed by atoms with Gasteiger partial charge in [0.15, 0.2) is 5.88 Å².